The van der Waals surface area contributed by atoms with Gasteiger partial charge in [-0.25, -0.2) is 4.39 Å². The molecule has 1 fully saturated rings. The Morgan fingerprint density at radius 1 is 1.04 bits per heavy atom. The fourth-order valence-electron chi connectivity index (χ4n) is 3.47. The van der Waals surface area contributed by atoms with Crippen molar-refractivity contribution < 1.29 is 9.18 Å². The number of nitrogens with one attached hydrogen (secondary N) is 1. The molecule has 3 rings (SSSR count). The fraction of sp³-hybridized carbons (Fsp3) is 0.350. The van der Waals surface area contributed by atoms with Crippen LogP contribution in [0.25, 0.3) is 0 Å². The van der Waals surface area contributed by atoms with Gasteiger partial charge in [-0.1, -0.05) is 29.3 Å². The van der Waals surface area contributed by atoms with Gasteiger partial charge in [-0.15, -0.1) is 0 Å². The maximum Gasteiger partial charge on any atom is 0.224 e. The Balaban J connectivity index is 1.49. The maximum atomic E-state index is 13.6. The second kappa shape index (κ2) is 8.20. The minimum Gasteiger partial charge on any atom is -0.326 e. The van der Waals surface area contributed by atoms with Gasteiger partial charge in [-0.05, 0) is 79.5 Å². The van der Waals surface area contributed by atoms with Gasteiger partial charge in [0.15, 0.2) is 0 Å². The SMILES string of the molecule is O=C(CC1CCC(c2ccc(Cl)c(F)c2)CC1)Nc1ccc(Cl)cc1. The molecule has 2 nitrogen and oxygen atoms in total. The highest BCUT2D eigenvalue weighted by atomic mass is 35.5. The van der Waals surface area contributed by atoms with Gasteiger partial charge < -0.3 is 5.32 Å². The highest BCUT2D eigenvalue weighted by Gasteiger charge is 2.24. The largest absolute Gasteiger partial charge is 0.326 e. The molecule has 0 atom stereocenters. The molecule has 132 valence electrons. The molecule has 0 aliphatic heterocycles. The van der Waals surface area contributed by atoms with Crippen LogP contribution in [0, 0.1) is 11.7 Å². The molecule has 0 unspecified atom stereocenters. The van der Waals surface area contributed by atoms with E-state index in [9.17, 15) is 9.18 Å². The standard InChI is InChI=1S/C20H20Cl2FNO/c21-16-6-8-17(9-7-16)24-20(25)11-13-1-3-14(4-2-13)15-5-10-18(22)19(23)12-15/h5-10,12-14H,1-4,11H2,(H,24,25). The van der Waals surface area contributed by atoms with E-state index in [4.69, 9.17) is 23.2 Å². The quantitative estimate of drug-likeness (QED) is 0.650. The van der Waals surface area contributed by atoms with E-state index >= 15 is 0 Å². The summed E-state index contributed by atoms with van der Waals surface area (Å²) in [5.74, 6) is 0.398. The van der Waals surface area contributed by atoms with Crippen LogP contribution in [0.1, 0.15) is 43.6 Å². The molecule has 0 aromatic heterocycles. The zero-order valence-electron chi connectivity index (χ0n) is 13.8. The Morgan fingerprint density at radius 3 is 2.36 bits per heavy atom. The normalized spacial score (nSPS) is 20.3. The first-order valence-electron chi connectivity index (χ1n) is 8.51. The van der Waals surface area contributed by atoms with Crippen molar-refractivity contribution in [2.45, 2.75) is 38.0 Å². The Bertz CT molecular complexity index is 740. The molecule has 0 saturated heterocycles. The zero-order valence-corrected chi connectivity index (χ0v) is 15.3. The van der Waals surface area contributed by atoms with Crippen molar-refractivity contribution in [2.75, 3.05) is 5.32 Å². The predicted molar refractivity (Wildman–Crippen MR) is 101 cm³/mol. The van der Waals surface area contributed by atoms with Crippen molar-refractivity contribution in [3.8, 4) is 0 Å². The summed E-state index contributed by atoms with van der Waals surface area (Å²) in [5.41, 5.74) is 1.77. The van der Waals surface area contributed by atoms with Gasteiger partial charge in [0.1, 0.15) is 5.82 Å². The van der Waals surface area contributed by atoms with Crippen LogP contribution in [0.5, 0.6) is 0 Å². The number of hydrogen-bond acceptors (Lipinski definition) is 1. The van der Waals surface area contributed by atoms with Crippen molar-refractivity contribution in [1.29, 1.82) is 0 Å². The van der Waals surface area contributed by atoms with Crippen molar-refractivity contribution >= 4 is 34.8 Å². The third-order valence-electron chi connectivity index (χ3n) is 4.86. The predicted octanol–water partition coefficient (Wildman–Crippen LogP) is 6.44. The monoisotopic (exact) mass is 379 g/mol. The van der Waals surface area contributed by atoms with Crippen LogP contribution in [0.4, 0.5) is 10.1 Å². The van der Waals surface area contributed by atoms with Gasteiger partial charge in [-0.3, -0.25) is 4.79 Å². The Kier molecular flexibility index (Phi) is 5.98. The number of halogens is 3. The summed E-state index contributed by atoms with van der Waals surface area (Å²) in [7, 11) is 0. The minimum atomic E-state index is -0.358. The molecule has 0 bridgehead atoms. The zero-order chi connectivity index (χ0) is 17.8. The average molecular weight is 380 g/mol. The molecular formula is C20H20Cl2FNO. The number of rotatable bonds is 4. The molecule has 25 heavy (non-hydrogen) atoms. The lowest BCUT2D eigenvalue weighted by Gasteiger charge is -2.28. The lowest BCUT2D eigenvalue weighted by molar-refractivity contribution is -0.117. The first-order valence-corrected chi connectivity index (χ1v) is 9.27. The number of carbonyl (C=O) groups is 1. The molecule has 1 aliphatic carbocycles. The van der Waals surface area contributed by atoms with E-state index in [-0.39, 0.29) is 16.7 Å². The summed E-state index contributed by atoms with van der Waals surface area (Å²) in [4.78, 5) is 12.2. The second-order valence-corrected chi connectivity index (χ2v) is 7.49. The fourth-order valence-corrected chi connectivity index (χ4v) is 3.72. The summed E-state index contributed by atoms with van der Waals surface area (Å²) in [5, 5.41) is 3.72. The molecule has 5 heteroatoms. The van der Waals surface area contributed by atoms with Crippen LogP contribution in [-0.4, -0.2) is 5.91 Å². The van der Waals surface area contributed by atoms with E-state index in [1.165, 1.54) is 0 Å². The number of benzene rings is 2. The molecule has 1 N–H and O–H groups in total. The molecule has 2 aromatic carbocycles. The van der Waals surface area contributed by atoms with E-state index < -0.39 is 0 Å². The van der Waals surface area contributed by atoms with Crippen LogP contribution < -0.4 is 5.32 Å². The lowest BCUT2D eigenvalue weighted by Crippen LogP contribution is -2.20. The van der Waals surface area contributed by atoms with E-state index in [1.54, 1.807) is 36.4 Å². The van der Waals surface area contributed by atoms with Gasteiger partial charge in [0.05, 0.1) is 5.02 Å². The Morgan fingerprint density at radius 2 is 1.72 bits per heavy atom. The summed E-state index contributed by atoms with van der Waals surface area (Å²) in [6, 6.07) is 12.2. The molecule has 1 amide bonds. The third-order valence-corrected chi connectivity index (χ3v) is 5.42. The maximum absolute atomic E-state index is 13.6. The highest BCUT2D eigenvalue weighted by Crippen LogP contribution is 2.37. The smallest absolute Gasteiger partial charge is 0.224 e. The van der Waals surface area contributed by atoms with Gasteiger partial charge in [-0.2, -0.15) is 0 Å². The van der Waals surface area contributed by atoms with Crippen molar-refractivity contribution in [2.24, 2.45) is 5.92 Å². The van der Waals surface area contributed by atoms with Gasteiger partial charge >= 0.3 is 0 Å². The van der Waals surface area contributed by atoms with Crippen LogP contribution in [0.3, 0.4) is 0 Å². The van der Waals surface area contributed by atoms with Crippen molar-refractivity contribution in [3.05, 3.63) is 63.9 Å². The average Bonchev–Trinajstić information content (AvgIpc) is 2.60. The molecule has 0 spiro atoms. The molecule has 0 heterocycles. The highest BCUT2D eigenvalue weighted by molar-refractivity contribution is 6.31. The van der Waals surface area contributed by atoms with Crippen LogP contribution >= 0.6 is 23.2 Å². The summed E-state index contributed by atoms with van der Waals surface area (Å²) in [6.45, 7) is 0. The molecular weight excluding hydrogens is 360 g/mol. The van der Waals surface area contributed by atoms with Gasteiger partial charge in [0.25, 0.3) is 0 Å². The van der Waals surface area contributed by atoms with Gasteiger partial charge in [0.2, 0.25) is 5.91 Å². The number of amides is 1. The Labute approximate surface area is 157 Å². The van der Waals surface area contributed by atoms with Crippen LogP contribution in [0.2, 0.25) is 10.0 Å². The number of hydrogen-bond donors (Lipinski definition) is 1. The second-order valence-electron chi connectivity index (χ2n) is 6.65. The summed E-state index contributed by atoms with van der Waals surface area (Å²) < 4.78 is 13.6. The third kappa shape index (κ3) is 4.96. The number of anilines is 1. The summed E-state index contributed by atoms with van der Waals surface area (Å²) in [6.07, 6.45) is 4.41. The van der Waals surface area contributed by atoms with E-state index in [1.807, 2.05) is 6.07 Å². The summed E-state index contributed by atoms with van der Waals surface area (Å²) >= 11 is 11.6. The molecule has 2 aromatic rings. The van der Waals surface area contributed by atoms with Crippen LogP contribution in [-0.2, 0) is 4.79 Å². The molecule has 1 aliphatic rings. The first kappa shape index (κ1) is 18.2. The van der Waals surface area contributed by atoms with Crippen LogP contribution in [0.15, 0.2) is 42.5 Å². The Hall–Kier alpha value is -1.58. The van der Waals surface area contributed by atoms with Crippen molar-refractivity contribution in [3.63, 3.8) is 0 Å². The van der Waals surface area contributed by atoms with Crippen molar-refractivity contribution in [1.82, 2.24) is 0 Å². The van der Waals surface area contributed by atoms with E-state index in [0.29, 0.717) is 23.3 Å². The minimum absolute atomic E-state index is 0.0308. The van der Waals surface area contributed by atoms with Gasteiger partial charge in [0, 0.05) is 17.1 Å². The topological polar surface area (TPSA) is 29.1 Å². The molecule has 0 radical (unpaired) electrons. The lowest BCUT2D eigenvalue weighted by atomic mass is 9.77. The van der Waals surface area contributed by atoms with E-state index in [2.05, 4.69) is 5.32 Å². The molecule has 1 saturated carbocycles. The number of carbonyl (C=O) groups excluding carboxylic acids is 1. The first-order chi connectivity index (χ1) is 12.0. The van der Waals surface area contributed by atoms with E-state index in [0.717, 1.165) is 36.9 Å².